The smallest absolute Gasteiger partial charge is 0.381 e. The van der Waals surface area contributed by atoms with Crippen LogP contribution in [0.3, 0.4) is 0 Å². The Kier molecular flexibility index (Phi) is 8.38. The molecule has 2 aliphatic carbocycles. The van der Waals surface area contributed by atoms with Crippen LogP contribution in [0.2, 0.25) is 0 Å². The van der Waals surface area contributed by atoms with Crippen LogP contribution in [0.1, 0.15) is 51.4 Å². The molecular formula is C23H42F3N5O. The fourth-order valence-corrected chi connectivity index (χ4v) is 6.46. The SMILES string of the molecule is COC1CCCC(C2CCNC(NC3CCC(N4CCN(C)CC4)C(C(F)(F)F)C3)N2)C1. The molecule has 0 radical (unpaired) electrons. The molecule has 32 heavy (non-hydrogen) atoms. The number of hydrogen-bond acceptors (Lipinski definition) is 6. The molecule has 0 bridgehead atoms. The van der Waals surface area contributed by atoms with Crippen molar-refractivity contribution in [2.24, 2.45) is 11.8 Å². The van der Waals surface area contributed by atoms with E-state index in [1.54, 1.807) is 7.11 Å². The maximum absolute atomic E-state index is 14.0. The van der Waals surface area contributed by atoms with E-state index in [1.165, 1.54) is 12.8 Å². The van der Waals surface area contributed by atoms with E-state index in [1.807, 2.05) is 7.05 Å². The third kappa shape index (κ3) is 6.16. The van der Waals surface area contributed by atoms with Gasteiger partial charge in [0.1, 0.15) is 6.29 Å². The first-order chi connectivity index (χ1) is 15.3. The van der Waals surface area contributed by atoms with E-state index in [-0.39, 0.29) is 24.8 Å². The standard InChI is InChI=1S/C23H42F3N5O/c1-30-10-12-31(13-11-30)21-7-6-17(15-19(21)23(24,25)26)28-22-27-9-8-20(29-22)16-4-3-5-18(14-16)32-2/h16-22,27-29H,3-15H2,1-2H3. The Balaban J connectivity index is 1.32. The molecule has 0 aromatic rings. The summed E-state index contributed by atoms with van der Waals surface area (Å²) in [7, 11) is 3.84. The van der Waals surface area contributed by atoms with Crippen LogP contribution in [0, 0.1) is 11.8 Å². The van der Waals surface area contributed by atoms with E-state index in [9.17, 15) is 13.2 Å². The molecule has 9 heteroatoms. The summed E-state index contributed by atoms with van der Waals surface area (Å²) in [5.41, 5.74) is 0. The van der Waals surface area contributed by atoms with Gasteiger partial charge in [-0.1, -0.05) is 6.42 Å². The second-order valence-corrected chi connectivity index (χ2v) is 10.5. The second kappa shape index (κ2) is 10.9. The number of nitrogens with one attached hydrogen (secondary N) is 3. The van der Waals surface area contributed by atoms with Gasteiger partial charge in [0.15, 0.2) is 0 Å². The number of hydrogen-bond donors (Lipinski definition) is 3. The quantitative estimate of drug-likeness (QED) is 0.585. The maximum atomic E-state index is 14.0. The number of methoxy groups -OCH3 is 1. The molecule has 3 N–H and O–H groups in total. The minimum Gasteiger partial charge on any atom is -0.381 e. The van der Waals surface area contributed by atoms with Crippen LogP contribution in [-0.4, -0.2) is 93.4 Å². The highest BCUT2D eigenvalue weighted by atomic mass is 19.4. The topological polar surface area (TPSA) is 51.8 Å². The van der Waals surface area contributed by atoms with Crippen LogP contribution >= 0.6 is 0 Å². The molecule has 7 unspecified atom stereocenters. The monoisotopic (exact) mass is 461 g/mol. The molecule has 7 atom stereocenters. The van der Waals surface area contributed by atoms with Crippen LogP contribution in [0.25, 0.3) is 0 Å². The lowest BCUT2D eigenvalue weighted by Crippen LogP contribution is -2.65. The normalized spacial score (nSPS) is 41.0. The summed E-state index contributed by atoms with van der Waals surface area (Å²) in [4.78, 5) is 4.29. The molecule has 2 saturated heterocycles. The molecule has 4 aliphatic rings. The van der Waals surface area contributed by atoms with E-state index in [4.69, 9.17) is 4.74 Å². The minimum atomic E-state index is -4.15. The average Bonchev–Trinajstić information content (AvgIpc) is 2.79. The van der Waals surface area contributed by atoms with Crippen molar-refractivity contribution in [1.82, 2.24) is 25.8 Å². The highest BCUT2D eigenvalue weighted by molar-refractivity contribution is 4.95. The van der Waals surface area contributed by atoms with Gasteiger partial charge in [0.05, 0.1) is 12.0 Å². The third-order valence-electron chi connectivity index (χ3n) is 8.40. The van der Waals surface area contributed by atoms with E-state index in [0.29, 0.717) is 24.5 Å². The first-order valence-electron chi connectivity index (χ1n) is 12.6. The number of rotatable bonds is 5. The van der Waals surface area contributed by atoms with Gasteiger partial charge in [-0.05, 0) is 64.5 Å². The van der Waals surface area contributed by atoms with Crippen LogP contribution in [0.4, 0.5) is 13.2 Å². The van der Waals surface area contributed by atoms with Gasteiger partial charge in [0, 0.05) is 51.4 Å². The minimum absolute atomic E-state index is 0.115. The van der Waals surface area contributed by atoms with Gasteiger partial charge in [-0.2, -0.15) is 13.2 Å². The summed E-state index contributed by atoms with van der Waals surface area (Å²) in [6.07, 6.45) is 3.31. The molecule has 186 valence electrons. The van der Waals surface area contributed by atoms with Gasteiger partial charge in [-0.25, -0.2) is 0 Å². The Hall–Kier alpha value is -0.450. The first-order valence-corrected chi connectivity index (χ1v) is 12.6. The molecular weight excluding hydrogens is 419 g/mol. The molecule has 4 fully saturated rings. The number of piperazine rings is 1. The van der Waals surface area contributed by atoms with Crippen LogP contribution in [-0.2, 0) is 4.74 Å². The summed E-state index contributed by atoms with van der Waals surface area (Å²) < 4.78 is 47.7. The fourth-order valence-electron chi connectivity index (χ4n) is 6.46. The molecule has 2 aliphatic heterocycles. The largest absolute Gasteiger partial charge is 0.393 e. The Bertz CT molecular complexity index is 586. The average molecular weight is 462 g/mol. The van der Waals surface area contributed by atoms with Crippen LogP contribution in [0.5, 0.6) is 0 Å². The Morgan fingerprint density at radius 1 is 0.969 bits per heavy atom. The highest BCUT2D eigenvalue weighted by Gasteiger charge is 2.50. The second-order valence-electron chi connectivity index (χ2n) is 10.5. The molecule has 4 rings (SSSR count). The van der Waals surface area contributed by atoms with Crippen molar-refractivity contribution < 1.29 is 17.9 Å². The zero-order chi connectivity index (χ0) is 22.7. The van der Waals surface area contributed by atoms with Crippen molar-refractivity contribution in [2.75, 3.05) is 46.9 Å². The molecule has 0 amide bonds. The van der Waals surface area contributed by atoms with Crippen LogP contribution < -0.4 is 16.0 Å². The van der Waals surface area contributed by atoms with Crippen molar-refractivity contribution in [1.29, 1.82) is 0 Å². The molecule has 2 heterocycles. The number of ether oxygens (including phenoxy) is 1. The molecule has 2 saturated carbocycles. The van der Waals surface area contributed by atoms with Gasteiger partial charge in [-0.3, -0.25) is 20.9 Å². The van der Waals surface area contributed by atoms with E-state index in [0.717, 1.165) is 58.4 Å². The number of nitrogens with zero attached hydrogens (tertiary/aromatic N) is 2. The first kappa shape index (κ1) is 24.7. The predicted octanol–water partition coefficient (Wildman–Crippen LogP) is 2.36. The van der Waals surface area contributed by atoms with Gasteiger partial charge >= 0.3 is 6.18 Å². The van der Waals surface area contributed by atoms with Gasteiger partial charge in [0.25, 0.3) is 0 Å². The van der Waals surface area contributed by atoms with Crippen molar-refractivity contribution in [2.45, 2.75) is 88.1 Å². The zero-order valence-electron chi connectivity index (χ0n) is 19.7. The van der Waals surface area contributed by atoms with Gasteiger partial charge in [0.2, 0.25) is 0 Å². The summed E-state index contributed by atoms with van der Waals surface area (Å²) >= 11 is 0. The molecule has 6 nitrogen and oxygen atoms in total. The number of alkyl halides is 3. The van der Waals surface area contributed by atoms with E-state index < -0.39 is 12.1 Å². The van der Waals surface area contributed by atoms with Crippen molar-refractivity contribution in [3.05, 3.63) is 0 Å². The van der Waals surface area contributed by atoms with Gasteiger partial charge < -0.3 is 9.64 Å². The fraction of sp³-hybridized carbons (Fsp3) is 1.00. The summed E-state index contributed by atoms with van der Waals surface area (Å²) in [6.45, 7) is 4.07. The molecule has 0 spiro atoms. The van der Waals surface area contributed by atoms with E-state index in [2.05, 4.69) is 25.8 Å². The summed E-state index contributed by atoms with van der Waals surface area (Å²) in [5.74, 6) is -0.673. The van der Waals surface area contributed by atoms with Crippen molar-refractivity contribution >= 4 is 0 Å². The molecule has 0 aromatic heterocycles. The lowest BCUT2D eigenvalue weighted by Gasteiger charge is -2.47. The van der Waals surface area contributed by atoms with Crippen molar-refractivity contribution in [3.8, 4) is 0 Å². The lowest BCUT2D eigenvalue weighted by molar-refractivity contribution is -0.203. The number of likely N-dealkylation sites (N-methyl/N-ethyl adjacent to an activating group) is 1. The Labute approximate surface area is 191 Å². The van der Waals surface area contributed by atoms with Gasteiger partial charge in [-0.15, -0.1) is 0 Å². The Morgan fingerprint density at radius 3 is 2.47 bits per heavy atom. The van der Waals surface area contributed by atoms with E-state index >= 15 is 0 Å². The summed E-state index contributed by atoms with van der Waals surface area (Å²) in [5, 5.41) is 10.6. The van der Waals surface area contributed by atoms with Crippen molar-refractivity contribution in [3.63, 3.8) is 0 Å². The maximum Gasteiger partial charge on any atom is 0.393 e. The lowest BCUT2D eigenvalue weighted by atomic mass is 9.79. The third-order valence-corrected chi connectivity index (χ3v) is 8.40. The Morgan fingerprint density at radius 2 is 1.75 bits per heavy atom. The summed E-state index contributed by atoms with van der Waals surface area (Å²) in [6, 6.07) is -0.103. The molecule has 0 aromatic carbocycles. The zero-order valence-corrected chi connectivity index (χ0v) is 19.7. The number of halogens is 3. The predicted molar refractivity (Wildman–Crippen MR) is 119 cm³/mol. The highest BCUT2D eigenvalue weighted by Crippen LogP contribution is 2.40. The van der Waals surface area contributed by atoms with Crippen LogP contribution in [0.15, 0.2) is 0 Å².